The number of hydrogen-bond acceptors (Lipinski definition) is 3. The number of aliphatic hydroxyl groups is 1. The van der Waals surface area contributed by atoms with Crippen LogP contribution in [0.4, 0.5) is 8.78 Å². The molecule has 0 saturated carbocycles. The van der Waals surface area contributed by atoms with E-state index in [4.69, 9.17) is 0 Å². The smallest absolute Gasteiger partial charge is 0.253 e. The molecular weight excluding hydrogens is 448 g/mol. The molecule has 0 fully saturated rings. The molecule has 2 heterocycles. The lowest BCUT2D eigenvalue weighted by atomic mass is 10.00. The Kier molecular flexibility index (Phi) is 7.90. The summed E-state index contributed by atoms with van der Waals surface area (Å²) in [6.45, 7) is 2.83. The van der Waals surface area contributed by atoms with Crippen LogP contribution in [0.3, 0.4) is 0 Å². The number of carbonyl (C=O) groups excluding carboxylic acids is 1. The van der Waals surface area contributed by atoms with E-state index in [-0.39, 0.29) is 18.9 Å². The molecule has 5 nitrogen and oxygen atoms in total. The standard InChI is InChI=1S/C28H29F2N3O2/c1-2-19-6-5-7-20(10-19)16-31-17-27(34)26(13-21-11-23(29)15-24(30)12-21)32-28(35)22-14-25-8-3-4-9-33(25)18-22/h3-12,14-15,18,26-27,31,34H,2,13,16-17H2,1H3,(H,32,35)/t26-,27+/m0/s1. The molecule has 0 spiro atoms. The second-order valence-electron chi connectivity index (χ2n) is 8.70. The number of aryl methyl sites for hydroxylation is 1. The van der Waals surface area contributed by atoms with E-state index in [2.05, 4.69) is 29.7 Å². The second kappa shape index (κ2) is 11.3. The fourth-order valence-corrected chi connectivity index (χ4v) is 4.16. The van der Waals surface area contributed by atoms with E-state index in [0.29, 0.717) is 17.7 Å². The van der Waals surface area contributed by atoms with Crippen molar-refractivity contribution < 1.29 is 18.7 Å². The van der Waals surface area contributed by atoms with Crippen LogP contribution in [0.2, 0.25) is 0 Å². The maximum Gasteiger partial charge on any atom is 0.253 e. The van der Waals surface area contributed by atoms with Crippen molar-refractivity contribution in [3.63, 3.8) is 0 Å². The van der Waals surface area contributed by atoms with Gasteiger partial charge in [-0.15, -0.1) is 0 Å². The molecule has 1 amide bonds. The van der Waals surface area contributed by atoms with Gasteiger partial charge in [0.05, 0.1) is 17.7 Å². The summed E-state index contributed by atoms with van der Waals surface area (Å²) in [6.07, 6.45) is 3.56. The molecule has 0 unspecified atom stereocenters. The summed E-state index contributed by atoms with van der Waals surface area (Å²) in [7, 11) is 0. The van der Waals surface area contributed by atoms with E-state index >= 15 is 0 Å². The highest BCUT2D eigenvalue weighted by Crippen LogP contribution is 2.14. The van der Waals surface area contributed by atoms with E-state index in [9.17, 15) is 18.7 Å². The Labute approximate surface area is 203 Å². The molecule has 35 heavy (non-hydrogen) atoms. The first-order valence-corrected chi connectivity index (χ1v) is 11.7. The van der Waals surface area contributed by atoms with Crippen LogP contribution in [0.5, 0.6) is 0 Å². The number of aromatic nitrogens is 1. The van der Waals surface area contributed by atoms with Gasteiger partial charge < -0.3 is 20.1 Å². The van der Waals surface area contributed by atoms with Crippen LogP contribution >= 0.6 is 0 Å². The number of fused-ring (bicyclic) bond motifs is 1. The number of hydrogen-bond donors (Lipinski definition) is 3. The van der Waals surface area contributed by atoms with Gasteiger partial charge in [0.15, 0.2) is 0 Å². The normalized spacial score (nSPS) is 13.0. The quantitative estimate of drug-likeness (QED) is 0.320. The SMILES string of the molecule is CCc1cccc(CNC[C@@H](O)[C@H](Cc2cc(F)cc(F)c2)NC(=O)c2cc3ccccn3c2)c1. The highest BCUT2D eigenvalue weighted by molar-refractivity contribution is 5.95. The molecule has 0 radical (unpaired) electrons. The topological polar surface area (TPSA) is 65.8 Å². The summed E-state index contributed by atoms with van der Waals surface area (Å²) in [6, 6.07) is 18.0. The zero-order valence-corrected chi connectivity index (χ0v) is 19.5. The number of halogens is 2. The van der Waals surface area contributed by atoms with Crippen molar-refractivity contribution in [2.75, 3.05) is 6.54 Å². The summed E-state index contributed by atoms with van der Waals surface area (Å²) in [5.74, 6) is -1.77. The lowest BCUT2D eigenvalue weighted by molar-refractivity contribution is 0.0830. The summed E-state index contributed by atoms with van der Waals surface area (Å²) in [4.78, 5) is 13.0. The Morgan fingerprint density at radius 1 is 0.971 bits per heavy atom. The van der Waals surface area contributed by atoms with Crippen LogP contribution < -0.4 is 10.6 Å². The Bertz CT molecular complexity index is 1250. The summed E-state index contributed by atoms with van der Waals surface area (Å²) in [5.41, 5.74) is 3.96. The fourth-order valence-electron chi connectivity index (χ4n) is 4.16. The van der Waals surface area contributed by atoms with Gasteiger partial charge in [0.2, 0.25) is 0 Å². The average Bonchev–Trinajstić information content (AvgIpc) is 3.28. The van der Waals surface area contributed by atoms with E-state index < -0.39 is 23.8 Å². The first-order valence-electron chi connectivity index (χ1n) is 11.7. The van der Waals surface area contributed by atoms with Crippen molar-refractivity contribution in [2.24, 2.45) is 0 Å². The number of nitrogens with zero attached hydrogens (tertiary/aromatic N) is 1. The van der Waals surface area contributed by atoms with E-state index in [1.54, 1.807) is 12.3 Å². The van der Waals surface area contributed by atoms with Crippen LogP contribution in [0.25, 0.3) is 5.52 Å². The molecule has 2 aromatic heterocycles. The number of carbonyl (C=O) groups is 1. The summed E-state index contributed by atoms with van der Waals surface area (Å²) in [5, 5.41) is 17.0. The van der Waals surface area contributed by atoms with Gasteiger partial charge in [-0.2, -0.15) is 0 Å². The lowest BCUT2D eigenvalue weighted by Gasteiger charge is -2.25. The molecule has 7 heteroatoms. The highest BCUT2D eigenvalue weighted by Gasteiger charge is 2.23. The number of nitrogens with one attached hydrogen (secondary N) is 2. The zero-order valence-electron chi connectivity index (χ0n) is 19.5. The first kappa shape index (κ1) is 24.6. The third-order valence-corrected chi connectivity index (χ3v) is 6.01. The predicted octanol–water partition coefficient (Wildman–Crippen LogP) is 4.27. The first-order chi connectivity index (χ1) is 16.9. The Balaban J connectivity index is 1.47. The summed E-state index contributed by atoms with van der Waals surface area (Å²) < 4.78 is 29.4. The van der Waals surface area contributed by atoms with Gasteiger partial charge in [-0.3, -0.25) is 4.79 Å². The number of rotatable bonds is 10. The Morgan fingerprint density at radius 2 is 1.74 bits per heavy atom. The van der Waals surface area contributed by atoms with Crippen molar-refractivity contribution in [2.45, 2.75) is 38.5 Å². The molecule has 2 atom stereocenters. The number of benzene rings is 2. The minimum Gasteiger partial charge on any atom is -0.390 e. The van der Waals surface area contributed by atoms with Crippen molar-refractivity contribution in [3.8, 4) is 0 Å². The average molecular weight is 478 g/mol. The van der Waals surface area contributed by atoms with Crippen molar-refractivity contribution >= 4 is 11.4 Å². The molecule has 3 N–H and O–H groups in total. The van der Waals surface area contributed by atoms with Crippen LogP contribution in [-0.4, -0.2) is 34.1 Å². The van der Waals surface area contributed by atoms with Gasteiger partial charge >= 0.3 is 0 Å². The largest absolute Gasteiger partial charge is 0.390 e. The van der Waals surface area contributed by atoms with Gasteiger partial charge in [-0.25, -0.2) is 8.78 Å². The molecular formula is C28H29F2N3O2. The van der Waals surface area contributed by atoms with Crippen molar-refractivity contribution in [1.82, 2.24) is 15.0 Å². The van der Waals surface area contributed by atoms with E-state index in [1.807, 2.05) is 40.9 Å². The lowest BCUT2D eigenvalue weighted by Crippen LogP contribution is -2.48. The molecule has 0 aliphatic carbocycles. The Morgan fingerprint density at radius 3 is 2.49 bits per heavy atom. The molecule has 4 rings (SSSR count). The third-order valence-electron chi connectivity index (χ3n) is 6.01. The molecule has 4 aromatic rings. The van der Waals surface area contributed by atoms with Gasteiger partial charge in [0.25, 0.3) is 5.91 Å². The number of amides is 1. The van der Waals surface area contributed by atoms with Gasteiger partial charge in [0, 0.05) is 37.1 Å². The molecule has 0 saturated heterocycles. The van der Waals surface area contributed by atoms with Gasteiger partial charge in [-0.05, 0) is 59.9 Å². The van der Waals surface area contributed by atoms with Gasteiger partial charge in [-0.1, -0.05) is 37.3 Å². The summed E-state index contributed by atoms with van der Waals surface area (Å²) >= 11 is 0. The van der Waals surface area contributed by atoms with Crippen LogP contribution in [-0.2, 0) is 19.4 Å². The Hall–Kier alpha value is -3.55. The monoisotopic (exact) mass is 477 g/mol. The fraction of sp³-hybridized carbons (Fsp3) is 0.250. The van der Waals surface area contributed by atoms with Crippen LogP contribution in [0.1, 0.15) is 34.0 Å². The minimum absolute atomic E-state index is 0.0714. The molecule has 0 aliphatic rings. The number of pyridine rings is 1. The molecule has 0 aliphatic heterocycles. The predicted molar refractivity (Wildman–Crippen MR) is 132 cm³/mol. The highest BCUT2D eigenvalue weighted by atomic mass is 19.1. The van der Waals surface area contributed by atoms with Crippen LogP contribution in [0.15, 0.2) is 79.1 Å². The molecule has 182 valence electrons. The third kappa shape index (κ3) is 6.53. The van der Waals surface area contributed by atoms with E-state index in [1.165, 1.54) is 17.7 Å². The minimum atomic E-state index is -0.989. The van der Waals surface area contributed by atoms with Gasteiger partial charge in [0.1, 0.15) is 11.6 Å². The van der Waals surface area contributed by atoms with Crippen molar-refractivity contribution in [1.29, 1.82) is 0 Å². The van der Waals surface area contributed by atoms with Crippen molar-refractivity contribution in [3.05, 3.63) is 113 Å². The second-order valence-corrected chi connectivity index (χ2v) is 8.70. The maximum absolute atomic E-state index is 13.8. The molecule has 2 aromatic carbocycles. The van der Waals surface area contributed by atoms with E-state index in [0.717, 1.165) is 23.6 Å². The van der Waals surface area contributed by atoms with Crippen LogP contribution in [0, 0.1) is 11.6 Å². The zero-order chi connectivity index (χ0) is 24.8. The maximum atomic E-state index is 13.8. The molecule has 0 bridgehead atoms. The number of aliphatic hydroxyl groups excluding tert-OH is 1.